The van der Waals surface area contributed by atoms with Crippen LogP contribution in [-0.4, -0.2) is 23.3 Å². The van der Waals surface area contributed by atoms with Crippen molar-refractivity contribution in [2.75, 3.05) is 6.61 Å². The van der Waals surface area contributed by atoms with E-state index in [1.54, 1.807) is 0 Å². The van der Waals surface area contributed by atoms with Crippen molar-refractivity contribution in [3.05, 3.63) is 47.7 Å². The highest BCUT2D eigenvalue weighted by atomic mass is 16.5. The van der Waals surface area contributed by atoms with Gasteiger partial charge in [0.05, 0.1) is 19.4 Å². The molecule has 88 valence electrons. The summed E-state index contributed by atoms with van der Waals surface area (Å²) in [7, 11) is 0. The third-order valence-electron chi connectivity index (χ3n) is 2.21. The summed E-state index contributed by atoms with van der Waals surface area (Å²) in [4.78, 5) is 9.95. The molecule has 5 nitrogen and oxygen atoms in total. The number of rotatable bonds is 6. The van der Waals surface area contributed by atoms with Crippen molar-refractivity contribution in [2.24, 2.45) is 0 Å². The van der Waals surface area contributed by atoms with Gasteiger partial charge < -0.3 is 9.15 Å². The van der Waals surface area contributed by atoms with Crippen LogP contribution in [0.1, 0.15) is 17.3 Å². The Hall–Kier alpha value is -2.17. The van der Waals surface area contributed by atoms with Gasteiger partial charge in [-0.2, -0.15) is 0 Å². The van der Waals surface area contributed by atoms with Crippen molar-refractivity contribution in [1.29, 1.82) is 0 Å². The van der Waals surface area contributed by atoms with Crippen molar-refractivity contribution in [1.82, 2.24) is 10.2 Å². The molecule has 1 aromatic heterocycles. The summed E-state index contributed by atoms with van der Waals surface area (Å²) in [5.41, 5.74) is 1.12. The lowest BCUT2D eigenvalue weighted by Crippen LogP contribution is -1.96. The summed E-state index contributed by atoms with van der Waals surface area (Å²) in [5.74, 6) is 1.05. The molecule has 0 amide bonds. The Morgan fingerprint density at radius 1 is 1.18 bits per heavy atom. The van der Waals surface area contributed by atoms with Gasteiger partial charge in [0.2, 0.25) is 11.8 Å². The quantitative estimate of drug-likeness (QED) is 0.556. The van der Waals surface area contributed by atoms with Gasteiger partial charge in [-0.05, 0) is 5.56 Å². The van der Waals surface area contributed by atoms with E-state index in [9.17, 15) is 4.79 Å². The summed E-state index contributed by atoms with van der Waals surface area (Å²) < 4.78 is 9.97. The predicted octanol–water partition coefficient (Wildman–Crippen LogP) is 1.38. The molecule has 1 aromatic carbocycles. The molecule has 2 aromatic rings. The number of hydrogen-bond donors (Lipinski definition) is 0. The van der Waals surface area contributed by atoms with E-state index >= 15 is 0 Å². The fourth-order valence-electron chi connectivity index (χ4n) is 1.43. The van der Waals surface area contributed by atoms with Crippen molar-refractivity contribution >= 4 is 6.47 Å². The van der Waals surface area contributed by atoms with E-state index < -0.39 is 0 Å². The lowest BCUT2D eigenvalue weighted by atomic mass is 10.2. The van der Waals surface area contributed by atoms with Crippen LogP contribution in [0.3, 0.4) is 0 Å². The van der Waals surface area contributed by atoms with Crippen molar-refractivity contribution < 1.29 is 13.9 Å². The molecular weight excluding hydrogens is 220 g/mol. The molecule has 0 aliphatic heterocycles. The van der Waals surface area contributed by atoms with Crippen LogP contribution in [0.25, 0.3) is 0 Å². The minimum absolute atomic E-state index is 0.260. The van der Waals surface area contributed by atoms with E-state index in [1.165, 1.54) is 0 Å². The van der Waals surface area contributed by atoms with Gasteiger partial charge in [-0.15, -0.1) is 10.2 Å². The summed E-state index contributed by atoms with van der Waals surface area (Å²) in [6.45, 7) is 0.664. The van der Waals surface area contributed by atoms with E-state index in [0.29, 0.717) is 31.1 Å². The molecule has 0 N–H and O–H groups in total. The molecule has 0 atom stereocenters. The molecule has 0 unspecified atom stereocenters. The Morgan fingerprint density at radius 2 is 1.94 bits per heavy atom. The third kappa shape index (κ3) is 3.41. The van der Waals surface area contributed by atoms with Gasteiger partial charge in [0.15, 0.2) is 0 Å². The van der Waals surface area contributed by atoms with Crippen LogP contribution >= 0.6 is 0 Å². The van der Waals surface area contributed by atoms with Crippen LogP contribution in [0, 0.1) is 0 Å². The molecule has 0 saturated heterocycles. The van der Waals surface area contributed by atoms with Crippen molar-refractivity contribution in [3.63, 3.8) is 0 Å². The maximum absolute atomic E-state index is 9.95. The van der Waals surface area contributed by atoms with Gasteiger partial charge >= 0.3 is 0 Å². The largest absolute Gasteiger partial charge is 0.467 e. The first-order valence-corrected chi connectivity index (χ1v) is 5.29. The van der Waals surface area contributed by atoms with E-state index in [4.69, 9.17) is 4.42 Å². The molecule has 0 bridgehead atoms. The monoisotopic (exact) mass is 232 g/mol. The van der Waals surface area contributed by atoms with Crippen LogP contribution < -0.4 is 0 Å². The van der Waals surface area contributed by atoms with Gasteiger partial charge in [-0.1, -0.05) is 30.3 Å². The molecule has 5 heteroatoms. The zero-order chi connectivity index (χ0) is 11.9. The molecule has 17 heavy (non-hydrogen) atoms. The molecule has 0 spiro atoms. The standard InChI is InChI=1S/C12H12N2O3/c15-9-16-7-6-11-13-14-12(17-11)8-10-4-2-1-3-5-10/h1-5,9H,6-8H2. The third-order valence-corrected chi connectivity index (χ3v) is 2.21. The average molecular weight is 232 g/mol. The topological polar surface area (TPSA) is 65.2 Å². The van der Waals surface area contributed by atoms with Crippen molar-refractivity contribution in [2.45, 2.75) is 12.8 Å². The summed E-state index contributed by atoms with van der Waals surface area (Å²) in [6, 6.07) is 9.88. The second kappa shape index (κ2) is 5.79. The second-order valence-corrected chi connectivity index (χ2v) is 3.47. The van der Waals surface area contributed by atoms with Crippen LogP contribution in [0.4, 0.5) is 0 Å². The highest BCUT2D eigenvalue weighted by Gasteiger charge is 2.06. The number of nitrogens with zero attached hydrogens (tertiary/aromatic N) is 2. The maximum Gasteiger partial charge on any atom is 0.293 e. The number of carbonyl (C=O) groups is 1. The average Bonchev–Trinajstić information content (AvgIpc) is 2.79. The lowest BCUT2D eigenvalue weighted by Gasteiger charge is -1.95. The Kier molecular flexibility index (Phi) is 3.85. The Bertz CT molecular complexity index is 468. The molecule has 1 heterocycles. The van der Waals surface area contributed by atoms with Crippen molar-refractivity contribution in [3.8, 4) is 0 Å². The second-order valence-electron chi connectivity index (χ2n) is 3.47. The normalized spacial score (nSPS) is 10.1. The van der Waals surface area contributed by atoms with Crippen LogP contribution in [0.2, 0.25) is 0 Å². The molecule has 0 fully saturated rings. The number of ether oxygens (including phenoxy) is 1. The molecule has 0 aliphatic rings. The fourth-order valence-corrected chi connectivity index (χ4v) is 1.43. The smallest absolute Gasteiger partial charge is 0.293 e. The Morgan fingerprint density at radius 3 is 2.71 bits per heavy atom. The molecule has 0 aliphatic carbocycles. The fraction of sp³-hybridized carbons (Fsp3) is 0.250. The van der Waals surface area contributed by atoms with Gasteiger partial charge in [-0.25, -0.2) is 0 Å². The Balaban J connectivity index is 1.92. The summed E-state index contributed by atoms with van der Waals surface area (Å²) in [5, 5.41) is 7.80. The Labute approximate surface area is 98.4 Å². The van der Waals surface area contributed by atoms with Crippen LogP contribution in [-0.2, 0) is 22.4 Å². The molecular formula is C12H12N2O3. The van der Waals surface area contributed by atoms with Gasteiger partial charge in [0, 0.05) is 0 Å². The minimum atomic E-state index is 0.260. The number of carbonyl (C=O) groups excluding carboxylic acids is 1. The first-order chi connectivity index (χ1) is 8.38. The van der Waals surface area contributed by atoms with Crippen LogP contribution in [0.5, 0.6) is 0 Å². The van der Waals surface area contributed by atoms with Crippen LogP contribution in [0.15, 0.2) is 34.7 Å². The minimum Gasteiger partial charge on any atom is -0.467 e. The lowest BCUT2D eigenvalue weighted by molar-refractivity contribution is -0.128. The highest BCUT2D eigenvalue weighted by Crippen LogP contribution is 2.08. The first kappa shape index (κ1) is 11.3. The van der Waals surface area contributed by atoms with Gasteiger partial charge in [0.1, 0.15) is 0 Å². The number of benzene rings is 1. The molecule has 2 rings (SSSR count). The number of hydrogen-bond acceptors (Lipinski definition) is 5. The summed E-state index contributed by atoms with van der Waals surface area (Å²) in [6.07, 6.45) is 1.06. The highest BCUT2D eigenvalue weighted by molar-refractivity contribution is 5.36. The van der Waals surface area contributed by atoms with E-state index in [0.717, 1.165) is 5.56 Å². The first-order valence-electron chi connectivity index (χ1n) is 5.29. The van der Waals surface area contributed by atoms with Gasteiger partial charge in [0.25, 0.3) is 6.47 Å². The zero-order valence-corrected chi connectivity index (χ0v) is 9.20. The van der Waals surface area contributed by atoms with E-state index in [2.05, 4.69) is 14.9 Å². The van der Waals surface area contributed by atoms with Gasteiger partial charge in [-0.3, -0.25) is 4.79 Å². The zero-order valence-electron chi connectivity index (χ0n) is 9.20. The predicted molar refractivity (Wildman–Crippen MR) is 59.3 cm³/mol. The molecule has 0 radical (unpaired) electrons. The van der Waals surface area contributed by atoms with E-state index in [1.807, 2.05) is 30.3 Å². The summed E-state index contributed by atoms with van der Waals surface area (Å²) >= 11 is 0. The SMILES string of the molecule is O=COCCc1nnc(Cc2ccccc2)o1. The maximum atomic E-state index is 9.95. The van der Waals surface area contributed by atoms with E-state index in [-0.39, 0.29) is 6.61 Å². The molecule has 0 saturated carbocycles. The number of aromatic nitrogens is 2.